The summed E-state index contributed by atoms with van der Waals surface area (Å²) in [6.45, 7) is 2.19. The van der Waals surface area contributed by atoms with Crippen LogP contribution in [0.15, 0.2) is 36.4 Å². The summed E-state index contributed by atoms with van der Waals surface area (Å²) in [5, 5.41) is 5.52. The topological polar surface area (TPSA) is 55.1 Å². The van der Waals surface area contributed by atoms with Gasteiger partial charge in [-0.25, -0.2) is 0 Å². The van der Waals surface area contributed by atoms with Gasteiger partial charge < -0.3 is 11.1 Å². The zero-order valence-electron chi connectivity index (χ0n) is 12.1. The van der Waals surface area contributed by atoms with Crippen LogP contribution in [0.1, 0.15) is 41.1 Å². The van der Waals surface area contributed by atoms with E-state index in [1.807, 2.05) is 24.3 Å². The summed E-state index contributed by atoms with van der Waals surface area (Å²) >= 11 is 0. The predicted molar refractivity (Wildman–Crippen MR) is 84.4 cm³/mol. The van der Waals surface area contributed by atoms with Crippen molar-refractivity contribution in [3.8, 4) is 0 Å². The quantitative estimate of drug-likeness (QED) is 0.888. The Morgan fingerprint density at radius 1 is 1.14 bits per heavy atom. The molecule has 1 heterocycles. The number of hydrogen-bond acceptors (Lipinski definition) is 2. The average molecular weight is 280 g/mol. The molecule has 2 aromatic rings. The van der Waals surface area contributed by atoms with Gasteiger partial charge in [0.1, 0.15) is 0 Å². The molecule has 2 aliphatic rings. The molecule has 1 aliphatic heterocycles. The molecule has 0 radical (unpaired) electrons. The molecular formula is C18H20N2O. The maximum Gasteiger partial charge on any atom is 0.249 e. The molecule has 1 spiro atoms. The lowest BCUT2D eigenvalue weighted by Gasteiger charge is -2.24. The molecule has 2 aromatic carbocycles. The van der Waals surface area contributed by atoms with Gasteiger partial charge in [-0.05, 0) is 60.0 Å². The minimum Gasteiger partial charge on any atom is -0.366 e. The van der Waals surface area contributed by atoms with E-state index in [0.29, 0.717) is 11.3 Å². The lowest BCUT2D eigenvalue weighted by atomic mass is 9.87. The van der Waals surface area contributed by atoms with Crippen LogP contribution in [0, 0.1) is 5.41 Å². The average Bonchev–Trinajstić information content (AvgIpc) is 3.19. The van der Waals surface area contributed by atoms with Crippen LogP contribution in [-0.2, 0) is 0 Å². The van der Waals surface area contributed by atoms with Gasteiger partial charge in [0.25, 0.3) is 0 Å². The van der Waals surface area contributed by atoms with Gasteiger partial charge >= 0.3 is 0 Å². The highest BCUT2D eigenvalue weighted by molar-refractivity contribution is 6.08. The predicted octanol–water partition coefficient (Wildman–Crippen LogP) is 2.80. The lowest BCUT2D eigenvalue weighted by Crippen LogP contribution is -2.29. The SMILES string of the molecule is NC(=O)c1c(C2CC23CCNCC3)ccc2ccccc12. The molecule has 1 atom stereocenters. The summed E-state index contributed by atoms with van der Waals surface area (Å²) < 4.78 is 0. The Bertz CT molecular complexity index is 716. The Hall–Kier alpha value is -1.87. The van der Waals surface area contributed by atoms with Crippen molar-refractivity contribution >= 4 is 16.7 Å². The van der Waals surface area contributed by atoms with Crippen LogP contribution in [0.2, 0.25) is 0 Å². The van der Waals surface area contributed by atoms with Crippen molar-refractivity contribution in [1.82, 2.24) is 5.32 Å². The number of benzene rings is 2. The van der Waals surface area contributed by atoms with E-state index in [2.05, 4.69) is 17.4 Å². The largest absolute Gasteiger partial charge is 0.366 e. The Morgan fingerprint density at radius 2 is 1.90 bits per heavy atom. The van der Waals surface area contributed by atoms with Crippen LogP contribution in [0.4, 0.5) is 0 Å². The maximum absolute atomic E-state index is 12.0. The molecule has 1 saturated carbocycles. The molecule has 1 aliphatic carbocycles. The Labute approximate surface area is 124 Å². The summed E-state index contributed by atoms with van der Waals surface area (Å²) in [4.78, 5) is 12.0. The van der Waals surface area contributed by atoms with Gasteiger partial charge in [-0.15, -0.1) is 0 Å². The number of piperidine rings is 1. The number of hydrogen-bond donors (Lipinski definition) is 2. The van der Waals surface area contributed by atoms with Crippen LogP contribution < -0.4 is 11.1 Å². The molecule has 3 heteroatoms. The van der Waals surface area contributed by atoms with Crippen molar-refractivity contribution < 1.29 is 4.79 Å². The third-order valence-corrected chi connectivity index (χ3v) is 5.37. The van der Waals surface area contributed by atoms with Gasteiger partial charge in [-0.3, -0.25) is 4.79 Å². The summed E-state index contributed by atoms with van der Waals surface area (Å²) in [7, 11) is 0. The molecule has 21 heavy (non-hydrogen) atoms. The first-order chi connectivity index (χ1) is 10.2. The summed E-state index contributed by atoms with van der Waals surface area (Å²) in [6, 6.07) is 12.3. The van der Waals surface area contributed by atoms with Crippen molar-refractivity contribution in [2.24, 2.45) is 11.1 Å². The van der Waals surface area contributed by atoms with E-state index in [-0.39, 0.29) is 5.91 Å². The van der Waals surface area contributed by atoms with E-state index in [9.17, 15) is 4.79 Å². The number of nitrogens with two attached hydrogens (primary N) is 1. The zero-order chi connectivity index (χ0) is 14.4. The second-order valence-corrected chi connectivity index (χ2v) is 6.48. The van der Waals surface area contributed by atoms with E-state index >= 15 is 0 Å². The smallest absolute Gasteiger partial charge is 0.249 e. The first-order valence-electron chi connectivity index (χ1n) is 7.73. The van der Waals surface area contributed by atoms with Crippen LogP contribution >= 0.6 is 0 Å². The van der Waals surface area contributed by atoms with Crippen molar-refractivity contribution in [1.29, 1.82) is 0 Å². The molecular weight excluding hydrogens is 260 g/mol. The second-order valence-electron chi connectivity index (χ2n) is 6.48. The fraction of sp³-hybridized carbons (Fsp3) is 0.389. The number of carbonyl (C=O) groups excluding carboxylic acids is 1. The van der Waals surface area contributed by atoms with E-state index in [4.69, 9.17) is 5.73 Å². The fourth-order valence-electron chi connectivity index (χ4n) is 4.12. The normalized spacial score (nSPS) is 23.3. The van der Waals surface area contributed by atoms with Crippen LogP contribution in [0.3, 0.4) is 0 Å². The Balaban J connectivity index is 1.82. The molecule has 1 unspecified atom stereocenters. The van der Waals surface area contributed by atoms with Gasteiger partial charge in [-0.2, -0.15) is 0 Å². The number of carbonyl (C=O) groups is 1. The number of rotatable bonds is 2. The molecule has 2 fully saturated rings. The standard InChI is InChI=1S/C18H20N2O/c19-17(21)16-13-4-2-1-3-12(13)5-6-14(16)15-11-18(15)7-9-20-10-8-18/h1-6,15,20H,7-11H2,(H2,19,21). The maximum atomic E-state index is 12.0. The molecule has 4 rings (SSSR count). The molecule has 1 amide bonds. The molecule has 1 saturated heterocycles. The van der Waals surface area contributed by atoms with Crippen molar-refractivity contribution in [3.05, 3.63) is 47.5 Å². The van der Waals surface area contributed by atoms with Gasteiger partial charge in [0, 0.05) is 0 Å². The third kappa shape index (κ3) is 1.95. The monoisotopic (exact) mass is 280 g/mol. The second kappa shape index (κ2) is 4.57. The molecule has 3 nitrogen and oxygen atoms in total. The molecule has 0 bridgehead atoms. The summed E-state index contributed by atoms with van der Waals surface area (Å²) in [5.41, 5.74) is 8.04. The highest BCUT2D eigenvalue weighted by Gasteiger charge is 2.55. The van der Waals surface area contributed by atoms with Crippen molar-refractivity contribution in [2.75, 3.05) is 13.1 Å². The molecule has 3 N–H and O–H groups in total. The first kappa shape index (κ1) is 12.8. The number of amides is 1. The molecule has 108 valence electrons. The Kier molecular flexibility index (Phi) is 2.79. The minimum atomic E-state index is -0.294. The highest BCUT2D eigenvalue weighted by Crippen LogP contribution is 2.65. The minimum absolute atomic E-state index is 0.294. The summed E-state index contributed by atoms with van der Waals surface area (Å²) in [5.74, 6) is 0.212. The van der Waals surface area contributed by atoms with E-state index in [0.717, 1.165) is 29.4 Å². The third-order valence-electron chi connectivity index (χ3n) is 5.37. The van der Waals surface area contributed by atoms with Gasteiger partial charge in [-0.1, -0.05) is 36.4 Å². The van der Waals surface area contributed by atoms with E-state index < -0.39 is 0 Å². The van der Waals surface area contributed by atoms with E-state index in [1.165, 1.54) is 24.8 Å². The van der Waals surface area contributed by atoms with Crippen LogP contribution in [-0.4, -0.2) is 19.0 Å². The summed E-state index contributed by atoms with van der Waals surface area (Å²) in [6.07, 6.45) is 3.62. The Morgan fingerprint density at radius 3 is 2.67 bits per heavy atom. The highest BCUT2D eigenvalue weighted by atomic mass is 16.1. The number of primary amides is 1. The van der Waals surface area contributed by atoms with Gasteiger partial charge in [0.05, 0.1) is 5.56 Å². The lowest BCUT2D eigenvalue weighted by molar-refractivity contribution is 0.100. The zero-order valence-corrected chi connectivity index (χ0v) is 12.1. The number of fused-ring (bicyclic) bond motifs is 1. The fourth-order valence-corrected chi connectivity index (χ4v) is 4.12. The molecule has 0 aromatic heterocycles. The van der Waals surface area contributed by atoms with Gasteiger partial charge in [0.2, 0.25) is 5.91 Å². The van der Waals surface area contributed by atoms with Crippen LogP contribution in [0.25, 0.3) is 10.8 Å². The van der Waals surface area contributed by atoms with Crippen LogP contribution in [0.5, 0.6) is 0 Å². The van der Waals surface area contributed by atoms with Crippen molar-refractivity contribution in [2.45, 2.75) is 25.2 Å². The number of nitrogens with one attached hydrogen (secondary N) is 1. The first-order valence-corrected chi connectivity index (χ1v) is 7.73. The van der Waals surface area contributed by atoms with Crippen molar-refractivity contribution in [3.63, 3.8) is 0 Å². The van der Waals surface area contributed by atoms with Gasteiger partial charge in [0.15, 0.2) is 0 Å². The van der Waals surface area contributed by atoms with E-state index in [1.54, 1.807) is 0 Å².